The Morgan fingerprint density at radius 1 is 1.21 bits per heavy atom. The molecular formula is C23H23F3N2O5S. The van der Waals surface area contributed by atoms with Crippen LogP contribution >= 0.6 is 0 Å². The van der Waals surface area contributed by atoms with Crippen LogP contribution in [0.5, 0.6) is 5.75 Å². The van der Waals surface area contributed by atoms with E-state index in [0.29, 0.717) is 11.6 Å². The van der Waals surface area contributed by atoms with Gasteiger partial charge in [-0.15, -0.1) is 0 Å². The second-order valence-corrected chi connectivity index (χ2v) is 10.6. The third kappa shape index (κ3) is 5.80. The molecule has 7 nitrogen and oxygen atoms in total. The van der Waals surface area contributed by atoms with Crippen LogP contribution in [0.4, 0.5) is 18.9 Å². The van der Waals surface area contributed by atoms with Gasteiger partial charge in [0.2, 0.25) is 0 Å². The summed E-state index contributed by atoms with van der Waals surface area (Å²) in [5.74, 6) is -0.395. The summed E-state index contributed by atoms with van der Waals surface area (Å²) in [6.45, 7) is 4.86. The summed E-state index contributed by atoms with van der Waals surface area (Å²) in [5.41, 5.74) is -1.32. The summed E-state index contributed by atoms with van der Waals surface area (Å²) in [6, 6.07) is 9.80. The van der Waals surface area contributed by atoms with Crippen molar-refractivity contribution in [2.45, 2.75) is 56.4 Å². The molecule has 0 saturated heterocycles. The Morgan fingerprint density at radius 2 is 1.91 bits per heavy atom. The van der Waals surface area contributed by atoms with Gasteiger partial charge in [0, 0.05) is 0 Å². The normalized spacial score (nSPS) is 16.3. The SMILES string of the molecule is CC(C)(C)OC(=O)Cc1ccc2c(c1)N(S(=O)(=O)c1cccc(C(F)(F)F)c1)C[C@H](CC#N)O2. The number of rotatable bonds is 5. The Kier molecular flexibility index (Phi) is 6.85. The Balaban J connectivity index is 2.04. The van der Waals surface area contributed by atoms with Crippen LogP contribution in [-0.4, -0.2) is 32.6 Å². The summed E-state index contributed by atoms with van der Waals surface area (Å²) in [7, 11) is -4.46. The summed E-state index contributed by atoms with van der Waals surface area (Å²) < 4.78 is 78.4. The molecule has 0 spiro atoms. The number of hydrogen-bond acceptors (Lipinski definition) is 6. The van der Waals surface area contributed by atoms with Crippen molar-refractivity contribution in [1.29, 1.82) is 5.26 Å². The van der Waals surface area contributed by atoms with Crippen molar-refractivity contribution in [2.75, 3.05) is 10.8 Å². The first-order valence-electron chi connectivity index (χ1n) is 10.3. The molecule has 2 aromatic rings. The van der Waals surface area contributed by atoms with Crippen LogP contribution in [0.15, 0.2) is 47.4 Å². The average molecular weight is 497 g/mol. The maximum atomic E-state index is 13.4. The summed E-state index contributed by atoms with van der Waals surface area (Å²) in [4.78, 5) is 11.7. The first-order valence-corrected chi connectivity index (χ1v) is 11.7. The number of hydrogen-bond donors (Lipinski definition) is 0. The van der Waals surface area contributed by atoms with Crippen LogP contribution in [0.25, 0.3) is 0 Å². The number of carbonyl (C=O) groups is 1. The largest absolute Gasteiger partial charge is 0.485 e. The number of fused-ring (bicyclic) bond motifs is 1. The predicted molar refractivity (Wildman–Crippen MR) is 117 cm³/mol. The molecule has 0 fully saturated rings. The molecule has 3 rings (SSSR count). The number of anilines is 1. The zero-order chi connectivity index (χ0) is 25.3. The molecule has 1 atom stereocenters. The van der Waals surface area contributed by atoms with Gasteiger partial charge >= 0.3 is 12.1 Å². The highest BCUT2D eigenvalue weighted by Gasteiger charge is 2.37. The molecule has 0 aliphatic carbocycles. The van der Waals surface area contributed by atoms with Gasteiger partial charge in [-0.1, -0.05) is 12.1 Å². The number of esters is 1. The maximum Gasteiger partial charge on any atom is 0.416 e. The number of nitriles is 1. The van der Waals surface area contributed by atoms with Crippen LogP contribution in [-0.2, 0) is 32.2 Å². The molecule has 11 heteroatoms. The monoisotopic (exact) mass is 496 g/mol. The molecule has 0 N–H and O–H groups in total. The van der Waals surface area contributed by atoms with Crippen molar-refractivity contribution in [1.82, 2.24) is 0 Å². The van der Waals surface area contributed by atoms with E-state index in [0.717, 1.165) is 22.5 Å². The van der Waals surface area contributed by atoms with Gasteiger partial charge in [0.05, 0.1) is 41.6 Å². The molecule has 0 unspecified atom stereocenters. The van der Waals surface area contributed by atoms with E-state index >= 15 is 0 Å². The molecule has 1 aliphatic rings. The van der Waals surface area contributed by atoms with Crippen molar-refractivity contribution >= 4 is 21.7 Å². The smallest absolute Gasteiger partial charge is 0.416 e. The second-order valence-electron chi connectivity index (χ2n) is 8.73. The van der Waals surface area contributed by atoms with Gasteiger partial charge < -0.3 is 9.47 Å². The molecule has 1 heterocycles. The van der Waals surface area contributed by atoms with E-state index in [4.69, 9.17) is 14.7 Å². The third-order valence-electron chi connectivity index (χ3n) is 4.79. The molecule has 0 bridgehead atoms. The van der Waals surface area contributed by atoms with Gasteiger partial charge in [0.1, 0.15) is 17.5 Å². The lowest BCUT2D eigenvalue weighted by atomic mass is 10.1. The van der Waals surface area contributed by atoms with Crippen molar-refractivity contribution in [2.24, 2.45) is 0 Å². The van der Waals surface area contributed by atoms with Gasteiger partial charge in [-0.3, -0.25) is 9.10 Å². The zero-order valence-corrected chi connectivity index (χ0v) is 19.5. The Bertz CT molecular complexity index is 1230. The predicted octanol–water partition coefficient (Wildman–Crippen LogP) is 4.46. The third-order valence-corrected chi connectivity index (χ3v) is 6.57. The highest BCUT2D eigenvalue weighted by Crippen LogP contribution is 2.39. The quantitative estimate of drug-likeness (QED) is 0.567. The second kappa shape index (κ2) is 9.18. The van der Waals surface area contributed by atoms with Gasteiger partial charge in [0.15, 0.2) is 0 Å². The number of nitrogens with zero attached hydrogens (tertiary/aromatic N) is 2. The lowest BCUT2D eigenvalue weighted by Gasteiger charge is -2.35. The lowest BCUT2D eigenvalue weighted by molar-refractivity contribution is -0.153. The van der Waals surface area contributed by atoms with Gasteiger partial charge in [-0.05, 0) is 56.7 Å². The average Bonchev–Trinajstić information content (AvgIpc) is 2.71. The van der Waals surface area contributed by atoms with Crippen LogP contribution < -0.4 is 9.04 Å². The molecule has 0 saturated carbocycles. The summed E-state index contributed by atoms with van der Waals surface area (Å²) in [6.07, 6.45) is -5.83. The summed E-state index contributed by atoms with van der Waals surface area (Å²) >= 11 is 0. The molecule has 182 valence electrons. The van der Waals surface area contributed by atoms with Crippen molar-refractivity contribution in [3.8, 4) is 11.8 Å². The number of alkyl halides is 3. The minimum atomic E-state index is -4.72. The highest BCUT2D eigenvalue weighted by molar-refractivity contribution is 7.92. The van der Waals surface area contributed by atoms with E-state index in [9.17, 15) is 26.4 Å². The molecular weight excluding hydrogens is 473 g/mol. The van der Waals surface area contributed by atoms with Crippen LogP contribution in [0.2, 0.25) is 0 Å². The first-order chi connectivity index (χ1) is 15.7. The highest BCUT2D eigenvalue weighted by atomic mass is 32.2. The van der Waals surface area contributed by atoms with Gasteiger partial charge in [-0.2, -0.15) is 18.4 Å². The molecule has 0 radical (unpaired) electrons. The number of ether oxygens (including phenoxy) is 2. The molecule has 34 heavy (non-hydrogen) atoms. The molecule has 0 amide bonds. The number of carbonyl (C=O) groups excluding carboxylic acids is 1. The zero-order valence-electron chi connectivity index (χ0n) is 18.7. The first kappa shape index (κ1) is 25.4. The van der Waals surface area contributed by atoms with E-state index in [1.54, 1.807) is 26.8 Å². The lowest BCUT2D eigenvalue weighted by Crippen LogP contribution is -2.43. The fourth-order valence-electron chi connectivity index (χ4n) is 3.41. The van der Waals surface area contributed by atoms with Crippen LogP contribution in [0.3, 0.4) is 0 Å². The Labute approximate surface area is 195 Å². The van der Waals surface area contributed by atoms with Crippen molar-refractivity contribution in [3.63, 3.8) is 0 Å². The van der Waals surface area contributed by atoms with E-state index in [2.05, 4.69) is 0 Å². The Hall–Kier alpha value is -3.26. The van der Waals surface area contributed by atoms with E-state index in [1.165, 1.54) is 12.1 Å². The summed E-state index contributed by atoms with van der Waals surface area (Å²) in [5, 5.41) is 9.06. The van der Waals surface area contributed by atoms with E-state index in [1.807, 2.05) is 6.07 Å². The minimum Gasteiger partial charge on any atom is -0.485 e. The molecule has 1 aliphatic heterocycles. The fraction of sp³-hybridized carbons (Fsp3) is 0.391. The number of halogens is 3. The van der Waals surface area contributed by atoms with Crippen LogP contribution in [0.1, 0.15) is 38.3 Å². The van der Waals surface area contributed by atoms with E-state index < -0.39 is 44.3 Å². The Morgan fingerprint density at radius 3 is 2.53 bits per heavy atom. The topological polar surface area (TPSA) is 96.7 Å². The molecule has 0 aromatic heterocycles. The standard InChI is InChI=1S/C23H23F3N2O5S/c1-22(2,3)33-21(29)12-15-7-8-20-19(11-15)28(14-17(32-20)9-10-27)34(30,31)18-6-4-5-16(13-18)23(24,25)26/h4-8,11,13,17H,9,12,14H2,1-3H3/t17-/m0/s1. The van der Waals surface area contributed by atoms with Crippen molar-refractivity contribution < 1.29 is 35.9 Å². The van der Waals surface area contributed by atoms with Crippen LogP contribution in [0, 0.1) is 11.3 Å². The maximum absolute atomic E-state index is 13.4. The molecule has 2 aromatic carbocycles. The minimum absolute atomic E-state index is 0.0626. The number of sulfonamides is 1. The van der Waals surface area contributed by atoms with Gasteiger partial charge in [-0.25, -0.2) is 8.42 Å². The number of benzene rings is 2. The van der Waals surface area contributed by atoms with Crippen molar-refractivity contribution in [3.05, 3.63) is 53.6 Å². The fourth-order valence-corrected chi connectivity index (χ4v) is 4.95. The van der Waals surface area contributed by atoms with Gasteiger partial charge in [0.25, 0.3) is 10.0 Å². The van der Waals surface area contributed by atoms with E-state index in [-0.39, 0.29) is 30.8 Å².